The van der Waals surface area contributed by atoms with E-state index in [0.717, 1.165) is 35.9 Å². The fraction of sp³-hybridized carbons (Fsp3) is 0.481. The molecular formula is C27H33Cl2NO4S. The zero-order valence-corrected chi connectivity index (χ0v) is 22.7. The molecule has 0 bridgehead atoms. The third-order valence-electron chi connectivity index (χ3n) is 6.62. The molecule has 0 heterocycles. The Bertz CT molecular complexity index is 1010. The summed E-state index contributed by atoms with van der Waals surface area (Å²) in [6.07, 6.45) is 5.18. The van der Waals surface area contributed by atoms with Gasteiger partial charge in [0.2, 0.25) is 0 Å². The SMILES string of the molecule is COC(=O)[C@H](CC1CCCCC1)SNC(=O)OC(c1cccc(Cl)c1)C(C)(C)c1cccc(Cl)c1. The van der Waals surface area contributed by atoms with Crippen molar-refractivity contribution in [2.75, 3.05) is 7.11 Å². The van der Waals surface area contributed by atoms with Gasteiger partial charge in [-0.15, -0.1) is 0 Å². The van der Waals surface area contributed by atoms with Crippen LogP contribution in [0.4, 0.5) is 4.79 Å². The fourth-order valence-corrected chi connectivity index (χ4v) is 5.88. The molecule has 1 saturated carbocycles. The van der Waals surface area contributed by atoms with Gasteiger partial charge >= 0.3 is 12.1 Å². The van der Waals surface area contributed by atoms with Gasteiger partial charge in [0.1, 0.15) is 11.4 Å². The van der Waals surface area contributed by atoms with Crippen molar-refractivity contribution in [3.63, 3.8) is 0 Å². The average Bonchev–Trinajstić information content (AvgIpc) is 2.85. The Labute approximate surface area is 222 Å². The van der Waals surface area contributed by atoms with Crippen LogP contribution >= 0.6 is 35.1 Å². The van der Waals surface area contributed by atoms with Crippen molar-refractivity contribution in [2.45, 2.75) is 69.1 Å². The molecule has 8 heteroatoms. The number of ether oxygens (including phenoxy) is 2. The molecule has 1 N–H and O–H groups in total. The van der Waals surface area contributed by atoms with Crippen LogP contribution in [0.15, 0.2) is 48.5 Å². The molecular weight excluding hydrogens is 505 g/mol. The van der Waals surface area contributed by atoms with Gasteiger partial charge in [0.05, 0.1) is 7.11 Å². The predicted octanol–water partition coefficient (Wildman–Crippen LogP) is 7.90. The van der Waals surface area contributed by atoms with E-state index in [0.29, 0.717) is 22.4 Å². The smallest absolute Gasteiger partial charge is 0.417 e. The van der Waals surface area contributed by atoms with Gasteiger partial charge in [-0.1, -0.05) is 93.4 Å². The third-order valence-corrected chi connectivity index (χ3v) is 8.05. The third kappa shape index (κ3) is 7.80. The number of halogens is 2. The summed E-state index contributed by atoms with van der Waals surface area (Å²) in [5.74, 6) is 0.116. The highest BCUT2D eigenvalue weighted by molar-refractivity contribution is 7.99. The highest BCUT2D eigenvalue weighted by Gasteiger charge is 2.37. The summed E-state index contributed by atoms with van der Waals surface area (Å²) in [5, 5.41) is 0.663. The molecule has 3 rings (SSSR count). The Hall–Kier alpha value is -1.89. The maximum absolute atomic E-state index is 13.0. The first-order valence-electron chi connectivity index (χ1n) is 11.9. The molecule has 1 fully saturated rings. The number of nitrogens with one attached hydrogen (secondary N) is 1. The zero-order chi connectivity index (χ0) is 25.4. The van der Waals surface area contributed by atoms with Crippen molar-refractivity contribution in [3.8, 4) is 0 Å². The second-order valence-electron chi connectivity index (χ2n) is 9.54. The maximum atomic E-state index is 13.0. The first kappa shape index (κ1) is 27.7. The van der Waals surface area contributed by atoms with E-state index in [1.54, 1.807) is 18.2 Å². The van der Waals surface area contributed by atoms with E-state index >= 15 is 0 Å². The molecule has 0 saturated heterocycles. The van der Waals surface area contributed by atoms with Crippen molar-refractivity contribution in [1.29, 1.82) is 0 Å². The van der Waals surface area contributed by atoms with Gasteiger partial charge in [-0.25, -0.2) is 4.79 Å². The molecule has 1 aliphatic rings. The van der Waals surface area contributed by atoms with Crippen LogP contribution in [0.2, 0.25) is 10.0 Å². The van der Waals surface area contributed by atoms with Crippen molar-refractivity contribution in [2.24, 2.45) is 5.92 Å². The minimum Gasteiger partial charge on any atom is -0.468 e. The number of carbonyl (C=O) groups excluding carboxylic acids is 2. The highest BCUT2D eigenvalue weighted by Crippen LogP contribution is 2.41. The van der Waals surface area contributed by atoms with Crippen LogP contribution in [0.25, 0.3) is 0 Å². The van der Waals surface area contributed by atoms with Crippen LogP contribution in [0.5, 0.6) is 0 Å². The molecule has 5 nitrogen and oxygen atoms in total. The molecule has 1 unspecified atom stereocenters. The van der Waals surface area contributed by atoms with E-state index in [4.69, 9.17) is 32.7 Å². The Morgan fingerprint density at radius 1 is 1.06 bits per heavy atom. The Morgan fingerprint density at radius 3 is 2.34 bits per heavy atom. The number of hydrogen-bond donors (Lipinski definition) is 1. The lowest BCUT2D eigenvalue weighted by molar-refractivity contribution is -0.140. The predicted molar refractivity (Wildman–Crippen MR) is 143 cm³/mol. The average molecular weight is 539 g/mol. The van der Waals surface area contributed by atoms with Gasteiger partial charge in [-0.3, -0.25) is 9.52 Å². The summed E-state index contributed by atoms with van der Waals surface area (Å²) >= 11 is 13.6. The summed E-state index contributed by atoms with van der Waals surface area (Å²) < 4.78 is 13.7. The first-order valence-corrected chi connectivity index (χ1v) is 13.6. The zero-order valence-electron chi connectivity index (χ0n) is 20.4. The molecule has 1 aliphatic carbocycles. The lowest BCUT2D eigenvalue weighted by atomic mass is 9.76. The van der Waals surface area contributed by atoms with Crippen LogP contribution in [0.1, 0.15) is 69.6 Å². The molecule has 1 amide bonds. The molecule has 35 heavy (non-hydrogen) atoms. The second-order valence-corrected chi connectivity index (χ2v) is 11.4. The van der Waals surface area contributed by atoms with Crippen molar-refractivity contribution >= 4 is 47.2 Å². The van der Waals surface area contributed by atoms with Crippen molar-refractivity contribution in [1.82, 2.24) is 4.72 Å². The van der Waals surface area contributed by atoms with E-state index in [-0.39, 0.29) is 5.97 Å². The molecule has 2 aromatic carbocycles. The van der Waals surface area contributed by atoms with Gasteiger partial charge < -0.3 is 9.47 Å². The number of rotatable bonds is 9. The Balaban J connectivity index is 1.76. The van der Waals surface area contributed by atoms with Gasteiger partial charge in [-0.2, -0.15) is 0 Å². The summed E-state index contributed by atoms with van der Waals surface area (Å²) in [6, 6.07) is 14.8. The molecule has 0 aliphatic heterocycles. The van der Waals surface area contributed by atoms with Gasteiger partial charge in [0.15, 0.2) is 0 Å². The minimum absolute atomic E-state index is 0.341. The number of carbonyl (C=O) groups is 2. The Morgan fingerprint density at radius 2 is 1.71 bits per heavy atom. The first-order chi connectivity index (χ1) is 16.7. The maximum Gasteiger partial charge on any atom is 0.417 e. The molecule has 2 aromatic rings. The van der Waals surface area contributed by atoms with E-state index in [2.05, 4.69) is 4.72 Å². The van der Waals surface area contributed by atoms with E-state index in [1.165, 1.54) is 26.4 Å². The van der Waals surface area contributed by atoms with E-state index < -0.39 is 22.9 Å². The number of esters is 1. The van der Waals surface area contributed by atoms with E-state index in [9.17, 15) is 9.59 Å². The Kier molecular flexibility index (Phi) is 10.2. The summed E-state index contributed by atoms with van der Waals surface area (Å²) in [5.41, 5.74) is 1.05. The fourth-order valence-electron chi connectivity index (χ4n) is 4.64. The number of hydrogen-bond acceptors (Lipinski definition) is 5. The molecule has 190 valence electrons. The van der Waals surface area contributed by atoms with Crippen LogP contribution < -0.4 is 4.72 Å². The summed E-state index contributed by atoms with van der Waals surface area (Å²) in [7, 11) is 1.37. The lowest BCUT2D eigenvalue weighted by Gasteiger charge is -2.35. The van der Waals surface area contributed by atoms with Gasteiger partial charge in [0, 0.05) is 15.5 Å². The standard InChI is InChI=1S/C27H33Cl2NO4S/c1-27(2,20-12-8-14-22(29)17-20)24(19-11-7-13-21(28)16-19)34-26(32)30-35-23(25(31)33-3)15-18-9-5-4-6-10-18/h7-8,11-14,16-18,23-24H,4-6,9-10,15H2,1-3H3,(H,30,32)/t23-,24?/m0/s1. The highest BCUT2D eigenvalue weighted by atomic mass is 35.5. The normalized spacial score (nSPS) is 16.3. The van der Waals surface area contributed by atoms with Crippen LogP contribution in [-0.2, 0) is 19.7 Å². The quantitative estimate of drug-likeness (QED) is 0.260. The van der Waals surface area contributed by atoms with Crippen LogP contribution in [-0.4, -0.2) is 24.4 Å². The van der Waals surface area contributed by atoms with Crippen molar-refractivity contribution in [3.05, 3.63) is 69.7 Å². The van der Waals surface area contributed by atoms with Gasteiger partial charge in [-0.05, 0) is 59.7 Å². The molecule has 0 spiro atoms. The van der Waals surface area contributed by atoms with Gasteiger partial charge in [0.25, 0.3) is 0 Å². The van der Waals surface area contributed by atoms with Crippen LogP contribution in [0.3, 0.4) is 0 Å². The lowest BCUT2D eigenvalue weighted by Crippen LogP contribution is -2.34. The van der Waals surface area contributed by atoms with E-state index in [1.807, 2.05) is 44.2 Å². The number of amides is 1. The largest absolute Gasteiger partial charge is 0.468 e. The number of methoxy groups -OCH3 is 1. The van der Waals surface area contributed by atoms with Crippen LogP contribution in [0, 0.1) is 5.92 Å². The minimum atomic E-state index is -0.657. The molecule has 0 radical (unpaired) electrons. The van der Waals surface area contributed by atoms with Crippen molar-refractivity contribution < 1.29 is 19.1 Å². The second kappa shape index (κ2) is 12.9. The summed E-state index contributed by atoms with van der Waals surface area (Å²) in [6.45, 7) is 3.98. The molecule has 0 aromatic heterocycles. The monoisotopic (exact) mass is 537 g/mol. The topological polar surface area (TPSA) is 64.6 Å². The number of benzene rings is 2. The molecule has 2 atom stereocenters. The summed E-state index contributed by atoms with van der Waals surface area (Å²) in [4.78, 5) is 25.4.